The summed E-state index contributed by atoms with van der Waals surface area (Å²) in [5.41, 5.74) is 7.36. The Morgan fingerprint density at radius 2 is 1.98 bits per heavy atom. The monoisotopic (exact) mass is 607 g/mol. The molecule has 238 valence electrons. The number of ether oxygens (including phenoxy) is 2. The minimum atomic E-state index is -1.12. The second-order valence-electron chi connectivity index (χ2n) is 10.7. The first-order valence-electron chi connectivity index (χ1n) is 14.8. The fourth-order valence-electron chi connectivity index (χ4n) is 4.43. The smallest absolute Gasteiger partial charge is 0.404 e. The van der Waals surface area contributed by atoms with Crippen LogP contribution in [0.4, 0.5) is 4.79 Å². The Kier molecular flexibility index (Phi) is 16.2. The molecular formula is C34H45N3O7. The number of aliphatic hydroxyl groups excluding tert-OH is 2. The summed E-state index contributed by atoms with van der Waals surface area (Å²) in [6.07, 6.45) is 17.2. The van der Waals surface area contributed by atoms with E-state index in [0.717, 1.165) is 11.1 Å². The number of rotatable bonds is 6. The normalized spacial score (nSPS) is 27.2. The molecule has 44 heavy (non-hydrogen) atoms. The number of nitrogens with one attached hydrogen (secondary N) is 1. The molecule has 1 aromatic heterocycles. The highest BCUT2D eigenvalue weighted by atomic mass is 16.6. The van der Waals surface area contributed by atoms with Gasteiger partial charge in [0.25, 0.3) is 5.91 Å². The highest BCUT2D eigenvalue weighted by Gasteiger charge is 2.21. The lowest BCUT2D eigenvalue weighted by atomic mass is 9.95. The molecule has 2 amide bonds. The van der Waals surface area contributed by atoms with Crippen LogP contribution in [0.1, 0.15) is 69.8 Å². The minimum absolute atomic E-state index is 0.149. The van der Waals surface area contributed by atoms with Crippen LogP contribution in [0.2, 0.25) is 0 Å². The zero-order chi connectivity index (χ0) is 32.3. The molecule has 0 aliphatic carbocycles. The first-order valence-corrected chi connectivity index (χ1v) is 14.8. The largest absolute Gasteiger partial charge is 0.458 e. The van der Waals surface area contributed by atoms with E-state index in [4.69, 9.17) is 15.2 Å². The average Bonchev–Trinajstić information content (AvgIpc) is 2.98. The third-order valence-electron chi connectivity index (χ3n) is 6.80. The van der Waals surface area contributed by atoms with Crippen molar-refractivity contribution in [1.29, 1.82) is 0 Å². The Morgan fingerprint density at radius 3 is 2.70 bits per heavy atom. The third kappa shape index (κ3) is 14.8. The van der Waals surface area contributed by atoms with Crippen molar-refractivity contribution in [2.45, 2.75) is 83.7 Å². The van der Waals surface area contributed by atoms with Crippen molar-refractivity contribution in [2.75, 3.05) is 0 Å². The number of aromatic nitrogens is 1. The molecule has 0 spiro atoms. The molecule has 10 nitrogen and oxygen atoms in total. The maximum absolute atomic E-state index is 12.7. The number of cyclic esters (lactones) is 1. The zero-order valence-electron chi connectivity index (χ0n) is 25.7. The number of nitrogens with zero attached hydrogens (tertiary/aromatic N) is 1. The number of hydrogen-bond donors (Lipinski definition) is 4. The lowest BCUT2D eigenvalue weighted by Crippen LogP contribution is -2.32. The molecule has 1 aliphatic heterocycles. The van der Waals surface area contributed by atoms with Crippen LogP contribution >= 0.6 is 0 Å². The topological polar surface area (TPSA) is 161 Å². The number of carbonyl (C=O) groups excluding carboxylic acids is 3. The van der Waals surface area contributed by atoms with Crippen LogP contribution in [-0.4, -0.2) is 57.6 Å². The molecule has 2 heterocycles. The molecule has 0 radical (unpaired) electrons. The van der Waals surface area contributed by atoms with Crippen molar-refractivity contribution in [1.82, 2.24) is 10.3 Å². The maximum atomic E-state index is 12.7. The van der Waals surface area contributed by atoms with Gasteiger partial charge in [-0.3, -0.25) is 9.78 Å². The Labute approximate surface area is 259 Å². The highest BCUT2D eigenvalue weighted by Crippen LogP contribution is 2.21. The fourth-order valence-corrected chi connectivity index (χ4v) is 4.43. The van der Waals surface area contributed by atoms with Gasteiger partial charge in [-0.15, -0.1) is 0 Å². The summed E-state index contributed by atoms with van der Waals surface area (Å²) in [5.74, 6) is -0.915. The van der Waals surface area contributed by atoms with Crippen molar-refractivity contribution < 1.29 is 34.1 Å². The summed E-state index contributed by atoms with van der Waals surface area (Å²) in [4.78, 5) is 40.3. The van der Waals surface area contributed by atoms with Gasteiger partial charge in [-0.1, -0.05) is 66.7 Å². The summed E-state index contributed by atoms with van der Waals surface area (Å²) in [6, 6.07) is 5.11. The van der Waals surface area contributed by atoms with E-state index in [-0.39, 0.29) is 11.8 Å². The lowest BCUT2D eigenvalue weighted by molar-refractivity contribution is -0.144. The fraction of sp³-hybridized carbons (Fsp3) is 0.412. The second-order valence-corrected chi connectivity index (χ2v) is 10.7. The second kappa shape index (κ2) is 19.8. The van der Waals surface area contributed by atoms with Crippen LogP contribution in [0.25, 0.3) is 0 Å². The molecule has 2 rings (SSSR count). The van der Waals surface area contributed by atoms with Gasteiger partial charge in [0.1, 0.15) is 24.0 Å². The molecule has 0 saturated heterocycles. The highest BCUT2D eigenvalue weighted by molar-refractivity contribution is 5.92. The Bertz CT molecular complexity index is 1250. The lowest BCUT2D eigenvalue weighted by Gasteiger charge is -2.22. The van der Waals surface area contributed by atoms with Crippen LogP contribution in [0.5, 0.6) is 0 Å². The van der Waals surface area contributed by atoms with Crippen LogP contribution in [0.3, 0.4) is 0 Å². The molecule has 5 atom stereocenters. The van der Waals surface area contributed by atoms with Gasteiger partial charge in [-0.05, 0) is 64.2 Å². The average molecular weight is 608 g/mol. The molecule has 1 aromatic rings. The Balaban J connectivity index is 2.16. The van der Waals surface area contributed by atoms with E-state index < -0.39 is 36.5 Å². The summed E-state index contributed by atoms with van der Waals surface area (Å²) in [5, 5.41) is 23.4. The van der Waals surface area contributed by atoms with Gasteiger partial charge in [-0.25, -0.2) is 9.59 Å². The van der Waals surface area contributed by atoms with Crippen LogP contribution < -0.4 is 11.1 Å². The van der Waals surface area contributed by atoms with Crippen molar-refractivity contribution >= 4 is 18.0 Å². The molecule has 0 fully saturated rings. The van der Waals surface area contributed by atoms with E-state index >= 15 is 0 Å². The van der Waals surface area contributed by atoms with E-state index in [2.05, 4.69) is 10.3 Å². The maximum Gasteiger partial charge on any atom is 0.404 e. The molecule has 0 aromatic carbocycles. The summed E-state index contributed by atoms with van der Waals surface area (Å²) >= 11 is 0. The number of esters is 1. The molecule has 5 N–H and O–H groups in total. The first kappa shape index (κ1) is 35.9. The van der Waals surface area contributed by atoms with Gasteiger partial charge in [0.2, 0.25) is 0 Å². The number of pyridine rings is 1. The number of nitrogens with two attached hydrogens (primary N) is 1. The van der Waals surface area contributed by atoms with Crippen LogP contribution in [0.15, 0.2) is 96.4 Å². The van der Waals surface area contributed by atoms with Crippen LogP contribution in [0, 0.1) is 5.92 Å². The molecule has 0 unspecified atom stereocenters. The molecule has 0 bridgehead atoms. The van der Waals surface area contributed by atoms with E-state index in [1.165, 1.54) is 18.2 Å². The number of allylic oxidation sites excluding steroid dienone is 6. The summed E-state index contributed by atoms with van der Waals surface area (Å²) in [7, 11) is 0. The van der Waals surface area contributed by atoms with E-state index in [0.29, 0.717) is 44.2 Å². The number of primary amides is 1. The van der Waals surface area contributed by atoms with Crippen LogP contribution in [-0.2, 0) is 14.3 Å². The number of carbonyl (C=O) groups is 3. The standard InChI is InChI=1S/C34H45N3O7/c1-24-12-6-4-8-15-30(44-34(35)42)29(39)18-17-27(38)13-7-5-9-16-32(40)43-31(23-24)26(3)22-25(2)19-21-37-33(41)28-14-10-11-20-36-28/h4,6,9-12,14,16-22,26-27,29-31,38-39H,5,7-8,13,15,23H2,1-3H3,(H2,35,42)(H,37,41)/b6-4+,16-9+,18-17+,21-19+,24-12+,25-22+/t26-,27+,29+,30+,31-/m1/s1. The third-order valence-corrected chi connectivity index (χ3v) is 6.80. The van der Waals surface area contributed by atoms with Gasteiger partial charge in [0, 0.05) is 30.8 Å². The van der Waals surface area contributed by atoms with Gasteiger partial charge in [-0.2, -0.15) is 0 Å². The van der Waals surface area contributed by atoms with Gasteiger partial charge >= 0.3 is 12.1 Å². The number of amides is 2. The molecule has 1 aliphatic rings. The van der Waals surface area contributed by atoms with Gasteiger partial charge < -0.3 is 30.7 Å². The summed E-state index contributed by atoms with van der Waals surface area (Å²) in [6.45, 7) is 5.81. The predicted octanol–water partition coefficient (Wildman–Crippen LogP) is 4.97. The first-order chi connectivity index (χ1) is 21.0. The summed E-state index contributed by atoms with van der Waals surface area (Å²) < 4.78 is 10.9. The van der Waals surface area contributed by atoms with E-state index in [1.54, 1.807) is 42.7 Å². The minimum Gasteiger partial charge on any atom is -0.458 e. The quantitative estimate of drug-likeness (QED) is 0.200. The van der Waals surface area contributed by atoms with Crippen molar-refractivity contribution in [3.63, 3.8) is 0 Å². The number of aliphatic hydroxyl groups is 2. The molecule has 0 saturated carbocycles. The molecular weight excluding hydrogens is 562 g/mol. The van der Waals surface area contributed by atoms with Crippen molar-refractivity contribution in [3.8, 4) is 0 Å². The SMILES string of the molecule is CC(/C=C/NC(=O)c1ccccn1)=C\[C@@H](C)[C@H]1C/C(C)=C/C=C/CC[C@H](OC(N)=O)[C@@H](O)/C=C/[C@@H](O)CCC/C=C/C(=O)O1. The Morgan fingerprint density at radius 1 is 1.18 bits per heavy atom. The van der Waals surface area contributed by atoms with E-state index in [9.17, 15) is 24.6 Å². The Hall–Kier alpha value is -4.28. The predicted molar refractivity (Wildman–Crippen MR) is 169 cm³/mol. The molecule has 10 heteroatoms. The number of hydrogen-bond acceptors (Lipinski definition) is 8. The van der Waals surface area contributed by atoms with Crippen molar-refractivity contribution in [2.24, 2.45) is 11.7 Å². The van der Waals surface area contributed by atoms with Gasteiger partial charge in [0.05, 0.1) is 6.10 Å². The zero-order valence-corrected chi connectivity index (χ0v) is 25.7. The van der Waals surface area contributed by atoms with E-state index in [1.807, 2.05) is 45.1 Å². The van der Waals surface area contributed by atoms with Gasteiger partial charge in [0.15, 0.2) is 0 Å². The van der Waals surface area contributed by atoms with Crippen molar-refractivity contribution in [3.05, 3.63) is 102 Å².